The van der Waals surface area contributed by atoms with Gasteiger partial charge in [0.15, 0.2) is 14.1 Å². The molecule has 0 radical (unpaired) electrons. The molecule has 2 nitrogen and oxygen atoms in total. The minimum atomic E-state index is -1.87. The summed E-state index contributed by atoms with van der Waals surface area (Å²) in [5.74, 6) is -0.0117. The highest BCUT2D eigenvalue weighted by atomic mass is 35.5. The van der Waals surface area contributed by atoms with E-state index in [4.69, 9.17) is 16.0 Å². The van der Waals surface area contributed by atoms with E-state index < -0.39 is 8.32 Å². The molecule has 0 spiro atoms. The van der Waals surface area contributed by atoms with Crippen LogP contribution in [0.1, 0.15) is 31.1 Å². The number of hydrogen-bond donors (Lipinski definition) is 0. The third-order valence-electron chi connectivity index (χ3n) is 3.52. The van der Waals surface area contributed by atoms with Crippen LogP contribution in [0.4, 0.5) is 0 Å². The molecular weight excluding hydrogens is 264 g/mol. The highest BCUT2D eigenvalue weighted by Crippen LogP contribution is 2.36. The summed E-state index contributed by atoms with van der Waals surface area (Å²) in [5.41, 5.74) is 0.612. The first-order chi connectivity index (χ1) is 8.13. The lowest BCUT2D eigenvalue weighted by molar-refractivity contribution is 0.0911. The Morgan fingerprint density at radius 3 is 2.44 bits per heavy atom. The minimum absolute atomic E-state index is 0.0117. The Kier molecular flexibility index (Phi) is 4.76. The molecule has 0 bridgehead atoms. The highest BCUT2D eigenvalue weighted by Gasteiger charge is 2.37. The van der Waals surface area contributed by atoms with Gasteiger partial charge < -0.3 is 4.43 Å². The molecule has 0 atom stereocenters. The fourth-order valence-corrected chi connectivity index (χ4v) is 2.32. The second kappa shape index (κ2) is 5.55. The van der Waals surface area contributed by atoms with Crippen LogP contribution in [-0.2, 0) is 4.43 Å². The van der Waals surface area contributed by atoms with Gasteiger partial charge >= 0.3 is 0 Å². The van der Waals surface area contributed by atoms with Gasteiger partial charge in [0.2, 0.25) is 0 Å². The zero-order chi connectivity index (χ0) is 14.0. The van der Waals surface area contributed by atoms with Crippen LogP contribution in [0.5, 0.6) is 0 Å². The lowest BCUT2D eigenvalue weighted by Crippen LogP contribution is -2.42. The fraction of sp³-hybridized carbons (Fsp3) is 0.500. The summed E-state index contributed by atoms with van der Waals surface area (Å²) in [4.78, 5) is 12.0. The molecule has 0 aliphatic rings. The summed E-state index contributed by atoms with van der Waals surface area (Å²) in [5, 5.41) is 0.690. The number of rotatable bonds is 4. The van der Waals surface area contributed by atoms with Crippen molar-refractivity contribution in [2.45, 2.75) is 38.9 Å². The molecule has 4 heteroatoms. The SMILES string of the molecule is CC(C)(C)[Si](C)(C)OCC(=O)c1cccc(Cl)c1. The largest absolute Gasteiger partial charge is 0.409 e. The molecule has 0 amide bonds. The third-order valence-corrected chi connectivity index (χ3v) is 8.23. The molecule has 1 aromatic rings. The second-order valence-corrected chi connectivity index (χ2v) is 11.2. The van der Waals surface area contributed by atoms with Gasteiger partial charge in [-0.3, -0.25) is 4.79 Å². The number of carbonyl (C=O) groups is 1. The van der Waals surface area contributed by atoms with E-state index in [0.717, 1.165) is 0 Å². The maximum atomic E-state index is 12.0. The topological polar surface area (TPSA) is 26.3 Å². The van der Waals surface area contributed by atoms with Gasteiger partial charge in [0.1, 0.15) is 0 Å². The van der Waals surface area contributed by atoms with Gasteiger partial charge in [-0.2, -0.15) is 0 Å². The summed E-state index contributed by atoms with van der Waals surface area (Å²) < 4.78 is 5.90. The van der Waals surface area contributed by atoms with Crippen molar-refractivity contribution in [1.29, 1.82) is 0 Å². The lowest BCUT2D eigenvalue weighted by Gasteiger charge is -2.35. The van der Waals surface area contributed by atoms with E-state index in [1.54, 1.807) is 24.3 Å². The van der Waals surface area contributed by atoms with Crippen LogP contribution in [0.25, 0.3) is 0 Å². The van der Waals surface area contributed by atoms with Crippen LogP contribution in [-0.4, -0.2) is 20.7 Å². The standard InChI is InChI=1S/C14H21ClO2Si/c1-14(2,3)18(4,5)17-10-13(16)11-7-6-8-12(15)9-11/h6-9H,10H2,1-5H3. The number of Topliss-reactive ketones (excluding diaryl/α,β-unsaturated/α-hetero) is 1. The van der Waals surface area contributed by atoms with Crippen LogP contribution >= 0.6 is 11.6 Å². The lowest BCUT2D eigenvalue weighted by atomic mass is 10.1. The smallest absolute Gasteiger partial charge is 0.192 e. The Morgan fingerprint density at radius 1 is 1.33 bits per heavy atom. The molecular formula is C14H21ClO2Si. The molecule has 0 fully saturated rings. The Morgan fingerprint density at radius 2 is 1.94 bits per heavy atom. The average Bonchev–Trinajstić information content (AvgIpc) is 2.24. The monoisotopic (exact) mass is 284 g/mol. The van der Waals surface area contributed by atoms with E-state index in [9.17, 15) is 4.79 Å². The van der Waals surface area contributed by atoms with Crippen molar-refractivity contribution >= 4 is 25.7 Å². The van der Waals surface area contributed by atoms with Gasteiger partial charge in [-0.25, -0.2) is 0 Å². The first-order valence-electron chi connectivity index (χ1n) is 6.06. The number of halogens is 1. The first-order valence-corrected chi connectivity index (χ1v) is 9.35. The minimum Gasteiger partial charge on any atom is -0.409 e. The molecule has 0 aliphatic carbocycles. The Bertz CT molecular complexity index is 436. The number of carbonyl (C=O) groups excluding carboxylic acids is 1. The maximum Gasteiger partial charge on any atom is 0.192 e. The van der Waals surface area contributed by atoms with Crippen molar-refractivity contribution in [2.24, 2.45) is 0 Å². The van der Waals surface area contributed by atoms with E-state index in [1.165, 1.54) is 0 Å². The molecule has 1 aromatic carbocycles. The molecule has 0 aromatic heterocycles. The zero-order valence-electron chi connectivity index (χ0n) is 11.7. The van der Waals surface area contributed by atoms with Gasteiger partial charge in [0, 0.05) is 10.6 Å². The maximum absolute atomic E-state index is 12.0. The van der Waals surface area contributed by atoms with Gasteiger partial charge in [0.25, 0.3) is 0 Å². The third kappa shape index (κ3) is 3.94. The van der Waals surface area contributed by atoms with E-state index >= 15 is 0 Å². The van der Waals surface area contributed by atoms with Crippen LogP contribution in [0.15, 0.2) is 24.3 Å². The van der Waals surface area contributed by atoms with Crippen molar-refractivity contribution in [3.05, 3.63) is 34.9 Å². The molecule has 0 N–H and O–H groups in total. The average molecular weight is 285 g/mol. The quantitative estimate of drug-likeness (QED) is 0.599. The van der Waals surface area contributed by atoms with E-state index in [1.807, 2.05) is 0 Å². The number of benzene rings is 1. The predicted molar refractivity (Wildman–Crippen MR) is 78.9 cm³/mol. The van der Waals surface area contributed by atoms with Crippen molar-refractivity contribution in [2.75, 3.05) is 6.61 Å². The van der Waals surface area contributed by atoms with E-state index in [2.05, 4.69) is 33.9 Å². The molecule has 0 saturated carbocycles. The van der Waals surface area contributed by atoms with Crippen LogP contribution in [0.3, 0.4) is 0 Å². The van der Waals surface area contributed by atoms with E-state index in [-0.39, 0.29) is 17.4 Å². The second-order valence-electron chi connectivity index (χ2n) is 5.98. The predicted octanol–water partition coefficient (Wildman–Crippen LogP) is 4.54. The Hall–Kier alpha value is -0.643. The van der Waals surface area contributed by atoms with Crippen molar-refractivity contribution in [3.63, 3.8) is 0 Å². The molecule has 0 saturated heterocycles. The molecule has 0 unspecified atom stereocenters. The van der Waals surface area contributed by atoms with Crippen LogP contribution in [0, 0.1) is 0 Å². The Balaban J connectivity index is 2.68. The molecule has 0 aliphatic heterocycles. The number of ketones is 1. The van der Waals surface area contributed by atoms with Crippen molar-refractivity contribution < 1.29 is 9.22 Å². The normalized spacial score (nSPS) is 12.6. The Labute approximate surface area is 115 Å². The molecule has 18 heavy (non-hydrogen) atoms. The summed E-state index contributed by atoms with van der Waals surface area (Å²) in [6, 6.07) is 6.98. The summed E-state index contributed by atoms with van der Waals surface area (Å²) in [6.45, 7) is 10.9. The van der Waals surface area contributed by atoms with Crippen molar-refractivity contribution in [3.8, 4) is 0 Å². The highest BCUT2D eigenvalue weighted by molar-refractivity contribution is 6.74. The van der Waals surface area contributed by atoms with Crippen LogP contribution < -0.4 is 0 Å². The molecule has 100 valence electrons. The number of hydrogen-bond acceptors (Lipinski definition) is 2. The fourth-order valence-electron chi connectivity index (χ4n) is 1.21. The zero-order valence-corrected chi connectivity index (χ0v) is 13.5. The van der Waals surface area contributed by atoms with E-state index in [0.29, 0.717) is 10.6 Å². The van der Waals surface area contributed by atoms with Crippen LogP contribution in [0.2, 0.25) is 23.2 Å². The van der Waals surface area contributed by atoms with Crippen molar-refractivity contribution in [1.82, 2.24) is 0 Å². The molecule has 1 rings (SSSR count). The van der Waals surface area contributed by atoms with Gasteiger partial charge in [-0.05, 0) is 30.3 Å². The summed E-state index contributed by atoms with van der Waals surface area (Å²) in [6.07, 6.45) is 0. The molecule has 0 heterocycles. The summed E-state index contributed by atoms with van der Waals surface area (Å²) >= 11 is 5.87. The van der Waals surface area contributed by atoms with Gasteiger partial charge in [0.05, 0.1) is 6.61 Å². The first kappa shape index (κ1) is 15.4. The summed E-state index contributed by atoms with van der Waals surface area (Å²) in [7, 11) is -1.87. The van der Waals surface area contributed by atoms with Gasteiger partial charge in [-0.1, -0.05) is 44.5 Å². The van der Waals surface area contributed by atoms with Gasteiger partial charge in [-0.15, -0.1) is 0 Å².